The number of aliphatic imine (C=N–C) groups is 1. The number of benzene rings is 7. The Labute approximate surface area is 704 Å². The number of aromatic nitrogens is 1. The van der Waals surface area contributed by atoms with Crippen LogP contribution in [0.4, 0.5) is 39.5 Å². The Kier molecular flexibility index (Phi) is 50.5. The Bertz CT molecular complexity index is 4390. The molecule has 0 aliphatic heterocycles. The van der Waals surface area contributed by atoms with Crippen molar-refractivity contribution in [2.24, 2.45) is 4.99 Å². The zero-order valence-electron chi connectivity index (χ0n) is 68.8. The van der Waals surface area contributed by atoms with Gasteiger partial charge in [0.15, 0.2) is 165 Å². The summed E-state index contributed by atoms with van der Waals surface area (Å²) in [6.07, 6.45) is -6.16. The molecule has 0 spiro atoms. The first kappa shape index (κ1) is 107. The molecule has 8 rings (SSSR count). The summed E-state index contributed by atoms with van der Waals surface area (Å²) in [7, 11) is 10.1. The van der Waals surface area contributed by atoms with Crippen molar-refractivity contribution in [3.05, 3.63) is 167 Å². The molecule has 674 valence electrons. The first-order valence-electron chi connectivity index (χ1n) is 36.5. The van der Waals surface area contributed by atoms with E-state index in [4.69, 9.17) is 86.0 Å². The molecule has 122 heavy (non-hydrogen) atoms. The first-order valence-corrected chi connectivity index (χ1v) is 36.5. The number of methoxy groups -OCH3 is 7. The second-order valence-corrected chi connectivity index (χ2v) is 23.7. The number of halogens is 10. The Hall–Kier alpha value is -11.4. The van der Waals surface area contributed by atoms with E-state index in [0.29, 0.717) is 121 Å². The van der Waals surface area contributed by atoms with Gasteiger partial charge in [0, 0.05) is 95.6 Å². The number of aryl methyl sites for hydroxylation is 1. The molecule has 8 aromatic rings. The molecule has 0 aliphatic carbocycles. The van der Waals surface area contributed by atoms with E-state index in [-0.39, 0.29) is 133 Å². The molecule has 0 saturated carbocycles. The zero-order valence-corrected chi connectivity index (χ0v) is 69.6. The van der Waals surface area contributed by atoms with Gasteiger partial charge in [0.2, 0.25) is 5.75 Å². The third-order valence-electron chi connectivity index (χ3n) is 15.1. The maximum Gasteiger partial charge on any atom is 0.422 e. The van der Waals surface area contributed by atoms with Crippen molar-refractivity contribution >= 4 is 54.0 Å². The number of ketones is 1. The van der Waals surface area contributed by atoms with Crippen LogP contribution in [-0.4, -0.2) is 224 Å². The largest absolute Gasteiger partial charge is 0.504 e. The summed E-state index contributed by atoms with van der Waals surface area (Å²) >= 11 is 0. The lowest BCUT2D eigenvalue weighted by Gasteiger charge is -2.19. The van der Waals surface area contributed by atoms with Crippen LogP contribution >= 0.6 is 12.4 Å². The van der Waals surface area contributed by atoms with Crippen LogP contribution in [0.2, 0.25) is 0 Å². The predicted octanol–water partition coefficient (Wildman–Crippen LogP) is 16.3. The van der Waals surface area contributed by atoms with Gasteiger partial charge in [0.25, 0.3) is 0 Å². The number of fused-ring (bicyclic) bond motifs is 1. The minimum atomic E-state index is -4.46. The highest BCUT2D eigenvalue weighted by molar-refractivity contribution is 6.17. The van der Waals surface area contributed by atoms with E-state index in [0.717, 1.165) is 12.0 Å². The number of phenols is 4. The molecule has 29 nitrogen and oxygen atoms in total. The molecule has 0 aliphatic rings. The standard InChI is InChI=1S/C21H21NO6.C18H27F3O5.C17H24F3NO5.C11H11F3O4.C9H10O4.C7H6O3.ClH/c1-5-28-16-7-6-13-14(10-22-11-15(13)20(16)24)19(23)12-8-17(25-2)21(27-4)18(9-12)26-3;1-4-23-16(24-5-2)11-7-9-14-8-6-10-15(17(14)26-13-22-3)25-12-18(19,20)21;1-4-23-15(24-5-2)10-21-9-13-7-6-8-14(16(13)26-12-22-3)25-11-17(18,19)20;1-16-7-18-10-8(5-15)3-2-4-9(10)17-6-11(12,13)14;1-12-6-13-9-7(5-10)3-2-4-8(9)11;8-4-5-2-1-3-6(9)7(5)10;/h6-11,24H,5H2,1-4H3;6,8,10,16H,4-5,7,9,11-13H2,1-3H3;6-9,15H,4-5,10-12H2,1-3H3;2-5H,6-7H2,1H3;2-5,11H,6H2,1H3;1-4,9-10H;1H. The molecule has 0 unspecified atom stereocenters. The van der Waals surface area contributed by atoms with Gasteiger partial charge in [0.1, 0.15) is 0 Å². The van der Waals surface area contributed by atoms with Gasteiger partial charge < -0.3 is 110 Å². The number of hydrogen-bond donors (Lipinski definition) is 4. The quantitative estimate of drug-likeness (QED) is 0.00688. The normalized spacial score (nSPS) is 10.9. The number of ether oxygens (including phenoxy) is 19. The summed E-state index contributed by atoms with van der Waals surface area (Å²) in [5.74, 6) is 0.751. The molecule has 1 aromatic heterocycles. The number of aldehydes is 3. The molecule has 0 fully saturated rings. The molecule has 7 aromatic carbocycles. The SMILES string of the molecule is CCOC(CCCc1cccc(OCC(F)(F)F)c1OCOC)OCC.CCOC(CN=Cc1cccc(OCC(F)(F)F)c1OCOC)OCC.CCOc1ccc2c(C(=O)c3cc(OC)c(OC)c(OC)c3)cncc2c1O.COCOc1c(C=O)cccc1OCC(F)(F)F.COCOc1c(O)cccc1C=O.Cl.O=Cc1cccc(O)c1O. The van der Waals surface area contributed by atoms with Crippen LogP contribution in [0.1, 0.15) is 106 Å². The highest BCUT2D eigenvalue weighted by Gasteiger charge is 2.32. The van der Waals surface area contributed by atoms with Crippen molar-refractivity contribution in [2.45, 2.75) is 85.0 Å². The second-order valence-electron chi connectivity index (χ2n) is 23.7. The van der Waals surface area contributed by atoms with Crippen LogP contribution in [0.15, 0.2) is 133 Å². The van der Waals surface area contributed by atoms with Gasteiger partial charge >= 0.3 is 18.5 Å². The molecule has 4 N–H and O–H groups in total. The lowest BCUT2D eigenvalue weighted by Crippen LogP contribution is -2.21. The summed E-state index contributed by atoms with van der Waals surface area (Å²) in [5, 5.41) is 38.5. The fraction of sp³-hybridized carbons (Fsp3) is 0.398. The van der Waals surface area contributed by atoms with Crippen LogP contribution in [0, 0.1) is 0 Å². The van der Waals surface area contributed by atoms with Crippen LogP contribution in [-0.2, 0) is 44.3 Å². The number of carbonyl (C=O) groups is 4. The van der Waals surface area contributed by atoms with Gasteiger partial charge in [-0.05, 0) is 144 Å². The number of rotatable bonds is 43. The van der Waals surface area contributed by atoms with E-state index in [1.54, 1.807) is 60.7 Å². The van der Waals surface area contributed by atoms with Crippen molar-refractivity contribution in [3.63, 3.8) is 0 Å². The van der Waals surface area contributed by atoms with Gasteiger partial charge in [-0.2, -0.15) is 39.5 Å². The molecular weight excluding hydrogens is 1660 g/mol. The van der Waals surface area contributed by atoms with Gasteiger partial charge in [-0.25, -0.2) is 0 Å². The number of pyridine rings is 1. The van der Waals surface area contributed by atoms with Crippen molar-refractivity contribution in [3.8, 4) is 86.2 Å². The van der Waals surface area contributed by atoms with Crippen molar-refractivity contribution < 1.29 is 169 Å². The van der Waals surface area contributed by atoms with Crippen LogP contribution in [0.25, 0.3) is 10.8 Å². The van der Waals surface area contributed by atoms with Crippen molar-refractivity contribution in [2.75, 3.05) is 136 Å². The van der Waals surface area contributed by atoms with Gasteiger partial charge in [-0.3, -0.25) is 29.2 Å². The number of phenolic OH excluding ortho intramolecular Hbond substituents is 4. The monoisotopic (exact) mass is 1760 g/mol. The lowest BCUT2D eigenvalue weighted by molar-refractivity contribution is -0.154. The molecule has 1 heterocycles. The van der Waals surface area contributed by atoms with Gasteiger partial charge in [0.05, 0.1) is 51.2 Å². The fourth-order valence-electron chi connectivity index (χ4n) is 10.1. The van der Waals surface area contributed by atoms with Gasteiger partial charge in [-0.15, -0.1) is 12.4 Å². The average molecular weight is 1760 g/mol. The summed E-state index contributed by atoms with van der Waals surface area (Å²) in [6.45, 7) is 7.30. The first-order chi connectivity index (χ1) is 57.9. The fourth-order valence-corrected chi connectivity index (χ4v) is 10.1. The lowest BCUT2D eigenvalue weighted by atomic mass is 9.98. The van der Waals surface area contributed by atoms with E-state index in [1.165, 1.54) is 123 Å². The molecular formula is C83H100ClF9N2O27. The summed E-state index contributed by atoms with van der Waals surface area (Å²) < 4.78 is 208. The summed E-state index contributed by atoms with van der Waals surface area (Å²) in [5.41, 5.74) is 2.37. The number of hydrogen-bond acceptors (Lipinski definition) is 29. The van der Waals surface area contributed by atoms with Crippen LogP contribution in [0.3, 0.4) is 0 Å². The summed E-state index contributed by atoms with van der Waals surface area (Å²) in [4.78, 5) is 52.9. The molecule has 0 bridgehead atoms. The van der Waals surface area contributed by atoms with E-state index in [9.17, 15) is 68.9 Å². The molecule has 0 saturated heterocycles. The predicted molar refractivity (Wildman–Crippen MR) is 429 cm³/mol. The van der Waals surface area contributed by atoms with Crippen molar-refractivity contribution in [1.82, 2.24) is 4.98 Å². The molecule has 0 amide bonds. The molecule has 39 heteroatoms. The Morgan fingerprint density at radius 2 is 0.852 bits per heavy atom. The third-order valence-corrected chi connectivity index (χ3v) is 15.1. The minimum absolute atomic E-state index is 0. The van der Waals surface area contributed by atoms with Crippen molar-refractivity contribution in [1.29, 1.82) is 0 Å². The van der Waals surface area contributed by atoms with E-state index in [2.05, 4.69) is 24.2 Å². The Morgan fingerprint density at radius 3 is 1.30 bits per heavy atom. The number of aromatic hydroxyl groups is 4. The third kappa shape index (κ3) is 37.7. The number of nitrogens with zero attached hydrogens (tertiary/aromatic N) is 2. The summed E-state index contributed by atoms with van der Waals surface area (Å²) in [6, 6.07) is 28.8. The highest BCUT2D eigenvalue weighted by Crippen LogP contribution is 2.42. The highest BCUT2D eigenvalue weighted by atomic mass is 35.5. The van der Waals surface area contributed by atoms with Gasteiger partial charge in [-0.1, -0.05) is 36.4 Å². The number of para-hydroxylation sites is 5. The Balaban J connectivity index is 0.000000509. The number of carbonyl (C=O) groups excluding carboxylic acids is 4. The Morgan fingerprint density at radius 1 is 0.426 bits per heavy atom. The zero-order chi connectivity index (χ0) is 89.9. The van der Waals surface area contributed by atoms with E-state index >= 15 is 0 Å². The van der Waals surface area contributed by atoms with E-state index < -0.39 is 44.6 Å². The van der Waals surface area contributed by atoms with Crippen LogP contribution < -0.4 is 52.1 Å². The second kappa shape index (κ2) is 57.8. The number of alkyl halides is 9. The molecule has 0 radical (unpaired) electrons. The molecule has 0 atom stereocenters. The topological polar surface area (TPSA) is 350 Å². The average Bonchev–Trinajstić information content (AvgIpc) is 0.773. The maximum atomic E-state index is 13.2. The smallest absolute Gasteiger partial charge is 0.422 e. The minimum Gasteiger partial charge on any atom is -0.504 e. The van der Waals surface area contributed by atoms with Crippen LogP contribution in [0.5, 0.6) is 86.2 Å². The maximum absolute atomic E-state index is 13.2. The van der Waals surface area contributed by atoms with E-state index in [1.807, 2.05) is 34.6 Å².